The lowest BCUT2D eigenvalue weighted by molar-refractivity contribution is -0.117. The lowest BCUT2D eigenvalue weighted by Gasteiger charge is -2.13. The summed E-state index contributed by atoms with van der Waals surface area (Å²) in [6.45, 7) is 1.97. The van der Waals surface area contributed by atoms with Gasteiger partial charge >= 0.3 is 0 Å². The molecule has 1 rings (SSSR count). The van der Waals surface area contributed by atoms with Crippen molar-refractivity contribution in [3.8, 4) is 0 Å². The molecule has 0 fully saturated rings. The Kier molecular flexibility index (Phi) is 6.53. The predicted octanol–water partition coefficient (Wildman–Crippen LogP) is 2.77. The van der Waals surface area contributed by atoms with Gasteiger partial charge in [0.15, 0.2) is 0 Å². The topological polar surface area (TPSA) is 49.3 Å². The summed E-state index contributed by atoms with van der Waals surface area (Å²) in [4.78, 5) is 11.6. The number of hydrogen-bond donors (Lipinski definition) is 2. The first-order chi connectivity index (χ1) is 9.06. The van der Waals surface area contributed by atoms with Crippen LogP contribution in [0.3, 0.4) is 0 Å². The van der Waals surface area contributed by atoms with Crippen molar-refractivity contribution >= 4 is 23.6 Å². The van der Waals surface area contributed by atoms with Crippen molar-refractivity contribution in [3.63, 3.8) is 0 Å². The first kappa shape index (κ1) is 15.7. The molecule has 0 spiro atoms. The largest absolute Gasteiger partial charge is 0.396 e. The zero-order valence-corrected chi connectivity index (χ0v) is 11.5. The van der Waals surface area contributed by atoms with Gasteiger partial charge in [-0.3, -0.25) is 4.79 Å². The highest BCUT2D eigenvalue weighted by molar-refractivity contribution is 6.30. The van der Waals surface area contributed by atoms with Crippen LogP contribution in [0, 0.1) is 5.82 Å². The van der Waals surface area contributed by atoms with E-state index in [1.54, 1.807) is 6.08 Å². The second kappa shape index (κ2) is 7.92. The van der Waals surface area contributed by atoms with Gasteiger partial charge in [0.1, 0.15) is 5.82 Å². The average Bonchev–Trinajstić information content (AvgIpc) is 2.39. The zero-order chi connectivity index (χ0) is 14.3. The quantitative estimate of drug-likeness (QED) is 0.790. The molecule has 1 unspecified atom stereocenters. The van der Waals surface area contributed by atoms with Gasteiger partial charge in [-0.1, -0.05) is 24.6 Å². The lowest BCUT2D eigenvalue weighted by Crippen LogP contribution is -2.33. The third kappa shape index (κ3) is 5.41. The second-order valence-electron chi connectivity index (χ2n) is 4.13. The van der Waals surface area contributed by atoms with Crippen LogP contribution in [0.2, 0.25) is 5.02 Å². The Morgan fingerprint density at radius 1 is 1.58 bits per heavy atom. The van der Waals surface area contributed by atoms with Crippen molar-refractivity contribution < 1.29 is 14.3 Å². The molecular formula is C14H17ClFNO2. The molecule has 0 aliphatic rings. The first-order valence-corrected chi connectivity index (χ1v) is 6.49. The van der Waals surface area contributed by atoms with Crippen molar-refractivity contribution in [2.24, 2.45) is 0 Å². The van der Waals surface area contributed by atoms with Crippen LogP contribution < -0.4 is 5.32 Å². The Morgan fingerprint density at radius 3 is 2.89 bits per heavy atom. The summed E-state index contributed by atoms with van der Waals surface area (Å²) >= 11 is 5.64. The van der Waals surface area contributed by atoms with Crippen LogP contribution in [-0.4, -0.2) is 23.7 Å². The number of aliphatic hydroxyl groups is 1. The summed E-state index contributed by atoms with van der Waals surface area (Å²) < 4.78 is 12.9. The fourth-order valence-electron chi connectivity index (χ4n) is 1.57. The van der Waals surface area contributed by atoms with Crippen LogP contribution in [0.4, 0.5) is 4.39 Å². The van der Waals surface area contributed by atoms with Crippen molar-refractivity contribution in [2.75, 3.05) is 6.61 Å². The normalized spacial score (nSPS) is 12.6. The number of amides is 1. The summed E-state index contributed by atoms with van der Waals surface area (Å²) in [6, 6.07) is 4.20. The van der Waals surface area contributed by atoms with E-state index in [2.05, 4.69) is 5.32 Å². The molecule has 0 radical (unpaired) electrons. The van der Waals surface area contributed by atoms with Gasteiger partial charge in [-0.15, -0.1) is 0 Å². The van der Waals surface area contributed by atoms with E-state index >= 15 is 0 Å². The fraction of sp³-hybridized carbons (Fsp3) is 0.357. The average molecular weight is 286 g/mol. The number of carbonyl (C=O) groups is 1. The smallest absolute Gasteiger partial charge is 0.244 e. The first-order valence-electron chi connectivity index (χ1n) is 6.11. The Labute approximate surface area is 117 Å². The number of benzene rings is 1. The highest BCUT2D eigenvalue weighted by atomic mass is 35.5. The zero-order valence-electron chi connectivity index (χ0n) is 10.7. The molecule has 0 aliphatic heterocycles. The van der Waals surface area contributed by atoms with E-state index in [4.69, 9.17) is 16.7 Å². The van der Waals surface area contributed by atoms with Gasteiger partial charge in [-0.2, -0.15) is 0 Å². The molecule has 0 saturated carbocycles. The summed E-state index contributed by atoms with van der Waals surface area (Å²) in [5.41, 5.74) is 0.650. The minimum atomic E-state index is -0.489. The van der Waals surface area contributed by atoms with Crippen LogP contribution in [0.25, 0.3) is 6.08 Å². The molecule has 2 N–H and O–H groups in total. The van der Waals surface area contributed by atoms with Gasteiger partial charge in [-0.05, 0) is 36.6 Å². The Hall–Kier alpha value is -1.39. The minimum Gasteiger partial charge on any atom is -0.396 e. The third-order valence-electron chi connectivity index (χ3n) is 2.69. The fourth-order valence-corrected chi connectivity index (χ4v) is 1.76. The van der Waals surface area contributed by atoms with Crippen LogP contribution >= 0.6 is 11.6 Å². The van der Waals surface area contributed by atoms with E-state index in [1.165, 1.54) is 24.3 Å². The molecular weight excluding hydrogens is 269 g/mol. The molecule has 0 saturated heterocycles. The molecule has 104 valence electrons. The van der Waals surface area contributed by atoms with E-state index in [0.717, 1.165) is 6.42 Å². The second-order valence-corrected chi connectivity index (χ2v) is 4.54. The maximum Gasteiger partial charge on any atom is 0.244 e. The highest BCUT2D eigenvalue weighted by Gasteiger charge is 2.07. The van der Waals surface area contributed by atoms with E-state index < -0.39 is 5.82 Å². The molecule has 3 nitrogen and oxygen atoms in total. The monoisotopic (exact) mass is 285 g/mol. The molecule has 19 heavy (non-hydrogen) atoms. The van der Waals surface area contributed by atoms with Crippen LogP contribution in [0.5, 0.6) is 0 Å². The van der Waals surface area contributed by atoms with Crippen molar-refractivity contribution in [3.05, 3.63) is 40.7 Å². The summed E-state index contributed by atoms with van der Waals surface area (Å²) in [5, 5.41) is 11.6. The van der Waals surface area contributed by atoms with Crippen LogP contribution in [0.1, 0.15) is 25.3 Å². The van der Waals surface area contributed by atoms with Crippen molar-refractivity contribution in [1.29, 1.82) is 0 Å². The summed E-state index contributed by atoms with van der Waals surface area (Å²) in [6.07, 6.45) is 4.21. The number of aliphatic hydroxyl groups excluding tert-OH is 1. The van der Waals surface area contributed by atoms with Crippen molar-refractivity contribution in [2.45, 2.75) is 25.8 Å². The van der Waals surface area contributed by atoms with Crippen LogP contribution in [-0.2, 0) is 4.79 Å². The maximum absolute atomic E-state index is 12.9. The van der Waals surface area contributed by atoms with Crippen molar-refractivity contribution in [1.82, 2.24) is 5.32 Å². The van der Waals surface area contributed by atoms with Gasteiger partial charge in [0.05, 0.1) is 5.02 Å². The molecule has 0 aliphatic carbocycles. The molecule has 1 atom stereocenters. The van der Waals surface area contributed by atoms with E-state index in [0.29, 0.717) is 12.0 Å². The van der Waals surface area contributed by atoms with E-state index in [-0.39, 0.29) is 23.6 Å². The molecule has 1 amide bonds. The molecule has 0 bridgehead atoms. The predicted molar refractivity (Wildman–Crippen MR) is 74.4 cm³/mol. The minimum absolute atomic E-state index is 0.0225. The maximum atomic E-state index is 12.9. The summed E-state index contributed by atoms with van der Waals surface area (Å²) in [5.74, 6) is -0.738. The molecule has 1 aromatic rings. The van der Waals surface area contributed by atoms with E-state index in [1.807, 2.05) is 6.92 Å². The van der Waals surface area contributed by atoms with E-state index in [9.17, 15) is 9.18 Å². The lowest BCUT2D eigenvalue weighted by atomic mass is 10.1. The van der Waals surface area contributed by atoms with Gasteiger partial charge in [0, 0.05) is 18.7 Å². The number of carbonyl (C=O) groups excluding carboxylic acids is 1. The summed E-state index contributed by atoms with van der Waals surface area (Å²) in [7, 11) is 0. The van der Waals surface area contributed by atoms with Gasteiger partial charge < -0.3 is 10.4 Å². The Morgan fingerprint density at radius 2 is 2.32 bits per heavy atom. The van der Waals surface area contributed by atoms with Gasteiger partial charge in [-0.25, -0.2) is 4.39 Å². The molecule has 1 aromatic carbocycles. The Balaban J connectivity index is 2.60. The third-order valence-corrected chi connectivity index (χ3v) is 2.98. The highest BCUT2D eigenvalue weighted by Crippen LogP contribution is 2.16. The number of rotatable bonds is 6. The SMILES string of the molecule is CCC(CCO)NC(=O)/C=C/c1ccc(F)c(Cl)c1. The van der Waals surface area contributed by atoms with Gasteiger partial charge in [0.25, 0.3) is 0 Å². The number of halogens is 2. The van der Waals surface area contributed by atoms with Crippen LogP contribution in [0.15, 0.2) is 24.3 Å². The molecule has 0 heterocycles. The molecule has 5 heteroatoms. The molecule has 0 aromatic heterocycles. The number of nitrogens with one attached hydrogen (secondary N) is 1. The number of hydrogen-bond acceptors (Lipinski definition) is 2. The Bertz CT molecular complexity index is 463. The standard InChI is InChI=1S/C14H17ClFNO2/c1-2-11(7-8-18)17-14(19)6-4-10-3-5-13(16)12(15)9-10/h3-6,9,11,18H,2,7-8H2,1H3,(H,17,19)/b6-4+. The van der Waals surface area contributed by atoms with Gasteiger partial charge in [0.2, 0.25) is 5.91 Å².